The van der Waals surface area contributed by atoms with Gasteiger partial charge in [0.15, 0.2) is 11.5 Å². The molecule has 2 amide bonds. The quantitative estimate of drug-likeness (QED) is 0.657. The Morgan fingerprint density at radius 2 is 1.61 bits per heavy atom. The first kappa shape index (κ1) is 21.2. The van der Waals surface area contributed by atoms with Gasteiger partial charge in [-0.25, -0.2) is 4.39 Å². The summed E-state index contributed by atoms with van der Waals surface area (Å²) in [6.45, 7) is 6.34. The largest absolute Gasteiger partial charge is 0.490 e. The van der Waals surface area contributed by atoms with Gasteiger partial charge in [0.1, 0.15) is 5.82 Å². The van der Waals surface area contributed by atoms with Gasteiger partial charge in [-0.05, 0) is 49.2 Å². The summed E-state index contributed by atoms with van der Waals surface area (Å²) in [5.74, 6) is -0.282. The number of carbonyl (C=O) groups excluding carboxylic acids is 2. The van der Waals surface area contributed by atoms with Crippen LogP contribution < -0.4 is 20.1 Å². The minimum absolute atomic E-state index is 0.000539. The summed E-state index contributed by atoms with van der Waals surface area (Å²) in [6, 6.07) is 8.92. The third-order valence-electron chi connectivity index (χ3n) is 3.66. The summed E-state index contributed by atoms with van der Waals surface area (Å²) >= 11 is 0. The summed E-state index contributed by atoms with van der Waals surface area (Å²) in [7, 11) is 0. The van der Waals surface area contributed by atoms with E-state index in [1.54, 1.807) is 18.2 Å². The summed E-state index contributed by atoms with van der Waals surface area (Å²) in [4.78, 5) is 23.8. The molecule has 0 atom stereocenters. The van der Waals surface area contributed by atoms with Crippen LogP contribution in [0.5, 0.6) is 11.5 Å². The number of benzene rings is 2. The molecule has 7 heteroatoms. The number of rotatable bonds is 9. The SMILES string of the molecule is CCCOc1ccc(C(=O)Nc2ccc(F)c(NC(C)=O)c2)cc1OCCC. The number of halogens is 1. The summed E-state index contributed by atoms with van der Waals surface area (Å²) < 4.78 is 25.1. The molecule has 0 aliphatic heterocycles. The monoisotopic (exact) mass is 388 g/mol. The molecule has 0 spiro atoms. The number of carbonyl (C=O) groups is 2. The fourth-order valence-corrected chi connectivity index (χ4v) is 2.40. The zero-order valence-corrected chi connectivity index (χ0v) is 16.3. The van der Waals surface area contributed by atoms with E-state index in [-0.39, 0.29) is 11.6 Å². The Morgan fingerprint density at radius 1 is 0.929 bits per heavy atom. The Bertz CT molecular complexity index is 839. The number of ether oxygens (including phenoxy) is 2. The highest BCUT2D eigenvalue weighted by atomic mass is 19.1. The zero-order chi connectivity index (χ0) is 20.5. The molecule has 0 saturated carbocycles. The van der Waals surface area contributed by atoms with Gasteiger partial charge in [-0.1, -0.05) is 13.8 Å². The van der Waals surface area contributed by atoms with Crippen LogP contribution in [0, 0.1) is 5.82 Å². The Kier molecular flexibility index (Phi) is 7.80. The highest BCUT2D eigenvalue weighted by Crippen LogP contribution is 2.29. The van der Waals surface area contributed by atoms with E-state index >= 15 is 0 Å². The number of amides is 2. The maximum Gasteiger partial charge on any atom is 0.255 e. The van der Waals surface area contributed by atoms with Crippen LogP contribution in [0.2, 0.25) is 0 Å². The zero-order valence-electron chi connectivity index (χ0n) is 16.3. The molecular weight excluding hydrogens is 363 g/mol. The Balaban J connectivity index is 2.20. The molecule has 0 aliphatic carbocycles. The standard InChI is InChI=1S/C21H25FN2O4/c1-4-10-27-19-9-6-15(12-20(19)28-11-5-2)21(26)24-16-7-8-17(22)18(13-16)23-14(3)25/h6-9,12-13H,4-5,10-11H2,1-3H3,(H,23,25)(H,24,26). The van der Waals surface area contributed by atoms with E-state index < -0.39 is 11.7 Å². The molecule has 0 heterocycles. The first-order valence-electron chi connectivity index (χ1n) is 9.22. The Hall–Kier alpha value is -3.09. The second-order valence-electron chi connectivity index (χ2n) is 6.19. The summed E-state index contributed by atoms with van der Waals surface area (Å²) in [5.41, 5.74) is 0.735. The Labute approximate surface area is 164 Å². The maximum atomic E-state index is 13.7. The van der Waals surface area contributed by atoms with E-state index in [2.05, 4.69) is 10.6 Å². The van der Waals surface area contributed by atoms with Crippen molar-refractivity contribution in [1.82, 2.24) is 0 Å². The average molecular weight is 388 g/mol. The minimum atomic E-state index is -0.583. The number of hydrogen-bond acceptors (Lipinski definition) is 4. The molecule has 0 aromatic heterocycles. The number of nitrogens with one attached hydrogen (secondary N) is 2. The molecular formula is C21H25FN2O4. The van der Waals surface area contributed by atoms with Crippen LogP contribution in [0.25, 0.3) is 0 Å². The van der Waals surface area contributed by atoms with Gasteiger partial charge < -0.3 is 20.1 Å². The predicted octanol–water partition coefficient (Wildman–Crippen LogP) is 4.61. The van der Waals surface area contributed by atoms with E-state index in [1.807, 2.05) is 13.8 Å². The van der Waals surface area contributed by atoms with E-state index in [9.17, 15) is 14.0 Å². The van der Waals surface area contributed by atoms with Gasteiger partial charge in [-0.15, -0.1) is 0 Å². The van der Waals surface area contributed by atoms with E-state index in [0.29, 0.717) is 36.0 Å². The van der Waals surface area contributed by atoms with Gasteiger partial charge in [-0.3, -0.25) is 9.59 Å². The third-order valence-corrected chi connectivity index (χ3v) is 3.66. The van der Waals surface area contributed by atoms with Crippen molar-refractivity contribution in [1.29, 1.82) is 0 Å². The van der Waals surface area contributed by atoms with Gasteiger partial charge in [0.2, 0.25) is 5.91 Å². The first-order chi connectivity index (χ1) is 13.4. The lowest BCUT2D eigenvalue weighted by Crippen LogP contribution is -2.14. The van der Waals surface area contributed by atoms with Crippen molar-refractivity contribution in [2.75, 3.05) is 23.8 Å². The maximum absolute atomic E-state index is 13.7. The molecule has 6 nitrogen and oxygen atoms in total. The van der Waals surface area contributed by atoms with Crippen molar-refractivity contribution in [2.45, 2.75) is 33.6 Å². The molecule has 0 saturated heterocycles. The molecule has 0 radical (unpaired) electrons. The molecule has 28 heavy (non-hydrogen) atoms. The molecule has 0 bridgehead atoms. The molecule has 2 aromatic carbocycles. The number of hydrogen-bond donors (Lipinski definition) is 2. The van der Waals surface area contributed by atoms with E-state index in [4.69, 9.17) is 9.47 Å². The van der Waals surface area contributed by atoms with Crippen LogP contribution in [0.3, 0.4) is 0 Å². The van der Waals surface area contributed by atoms with Crippen LogP contribution >= 0.6 is 0 Å². The summed E-state index contributed by atoms with van der Waals surface area (Å²) in [5, 5.41) is 5.08. The molecule has 0 fully saturated rings. The van der Waals surface area contributed by atoms with Gasteiger partial charge in [0.25, 0.3) is 5.91 Å². The number of anilines is 2. The van der Waals surface area contributed by atoms with Crippen LogP contribution in [0.1, 0.15) is 44.0 Å². The molecule has 150 valence electrons. The minimum Gasteiger partial charge on any atom is -0.490 e. The smallest absolute Gasteiger partial charge is 0.255 e. The molecule has 2 N–H and O–H groups in total. The van der Waals surface area contributed by atoms with Crippen LogP contribution in [0.15, 0.2) is 36.4 Å². The molecule has 2 aromatic rings. The summed E-state index contributed by atoms with van der Waals surface area (Å²) in [6.07, 6.45) is 1.68. The normalized spacial score (nSPS) is 10.3. The van der Waals surface area contributed by atoms with Gasteiger partial charge in [0, 0.05) is 18.2 Å². The van der Waals surface area contributed by atoms with Gasteiger partial charge in [-0.2, -0.15) is 0 Å². The van der Waals surface area contributed by atoms with Gasteiger partial charge >= 0.3 is 0 Å². The van der Waals surface area contributed by atoms with Crippen molar-refractivity contribution < 1.29 is 23.5 Å². The molecule has 2 rings (SSSR count). The van der Waals surface area contributed by atoms with Crippen LogP contribution in [-0.2, 0) is 4.79 Å². The topological polar surface area (TPSA) is 76.7 Å². The third kappa shape index (κ3) is 5.97. The van der Waals surface area contributed by atoms with Crippen molar-refractivity contribution in [3.05, 3.63) is 47.8 Å². The van der Waals surface area contributed by atoms with Crippen molar-refractivity contribution in [3.63, 3.8) is 0 Å². The molecule has 0 unspecified atom stereocenters. The second-order valence-corrected chi connectivity index (χ2v) is 6.19. The lowest BCUT2D eigenvalue weighted by molar-refractivity contribution is -0.114. The fourth-order valence-electron chi connectivity index (χ4n) is 2.40. The van der Waals surface area contributed by atoms with Crippen molar-refractivity contribution >= 4 is 23.2 Å². The molecule has 0 aliphatic rings. The average Bonchev–Trinajstić information content (AvgIpc) is 2.67. The van der Waals surface area contributed by atoms with Crippen molar-refractivity contribution in [3.8, 4) is 11.5 Å². The lowest BCUT2D eigenvalue weighted by Gasteiger charge is -2.14. The second kappa shape index (κ2) is 10.3. The Morgan fingerprint density at radius 3 is 2.25 bits per heavy atom. The van der Waals surface area contributed by atoms with Gasteiger partial charge in [0.05, 0.1) is 18.9 Å². The van der Waals surface area contributed by atoms with Crippen molar-refractivity contribution in [2.24, 2.45) is 0 Å². The fraction of sp³-hybridized carbons (Fsp3) is 0.333. The highest BCUT2D eigenvalue weighted by molar-refractivity contribution is 6.05. The van der Waals surface area contributed by atoms with Crippen LogP contribution in [-0.4, -0.2) is 25.0 Å². The predicted molar refractivity (Wildman–Crippen MR) is 107 cm³/mol. The van der Waals surface area contributed by atoms with Crippen LogP contribution in [0.4, 0.5) is 15.8 Å². The highest BCUT2D eigenvalue weighted by Gasteiger charge is 2.13. The van der Waals surface area contributed by atoms with E-state index in [1.165, 1.54) is 25.1 Å². The first-order valence-corrected chi connectivity index (χ1v) is 9.22. The van der Waals surface area contributed by atoms with E-state index in [0.717, 1.165) is 12.8 Å². The lowest BCUT2D eigenvalue weighted by atomic mass is 10.1.